The fourth-order valence-corrected chi connectivity index (χ4v) is 1.58. The molecule has 0 radical (unpaired) electrons. The number of benzene rings is 1. The molecule has 3 heteroatoms. The molecule has 0 fully saturated rings. The molecule has 0 unspecified atom stereocenters. The second-order valence-corrected chi connectivity index (χ2v) is 2.99. The van der Waals surface area contributed by atoms with Crippen molar-refractivity contribution in [1.82, 2.24) is 0 Å². The van der Waals surface area contributed by atoms with E-state index in [1.165, 1.54) is 5.56 Å². The molecule has 0 aromatic heterocycles. The largest absolute Gasteiger partial charge is 0.506 e. The maximum absolute atomic E-state index is 9.21. The van der Waals surface area contributed by atoms with Gasteiger partial charge in [-0.2, -0.15) is 0 Å². The zero-order valence-electron chi connectivity index (χ0n) is 5.89. The maximum Gasteiger partial charge on any atom is 0.136 e. The van der Waals surface area contributed by atoms with Crippen LogP contribution in [0.3, 0.4) is 0 Å². The minimum atomic E-state index is 0.153. The van der Waals surface area contributed by atoms with Crippen molar-refractivity contribution in [2.75, 3.05) is 11.9 Å². The third-order valence-electron chi connectivity index (χ3n) is 1.90. The fourth-order valence-electron chi connectivity index (χ4n) is 1.33. The maximum atomic E-state index is 9.21. The van der Waals surface area contributed by atoms with E-state index < -0.39 is 0 Å². The van der Waals surface area contributed by atoms with Crippen LogP contribution in [0.5, 0.6) is 5.75 Å². The van der Waals surface area contributed by atoms with Crippen LogP contribution in [-0.4, -0.2) is 11.7 Å². The van der Waals surface area contributed by atoms with E-state index in [1.54, 1.807) is 6.07 Å². The summed E-state index contributed by atoms with van der Waals surface area (Å²) in [5, 5.41) is 12.8. The van der Waals surface area contributed by atoms with Crippen molar-refractivity contribution in [3.8, 4) is 5.75 Å². The van der Waals surface area contributed by atoms with E-state index in [1.807, 2.05) is 6.07 Å². The van der Waals surface area contributed by atoms with Crippen molar-refractivity contribution >= 4 is 17.3 Å². The number of hydrogen-bond acceptors (Lipinski definition) is 2. The molecular weight excluding hydrogens is 162 g/mol. The average molecular weight is 170 g/mol. The van der Waals surface area contributed by atoms with Crippen LogP contribution in [0.1, 0.15) is 5.56 Å². The minimum absolute atomic E-state index is 0.153. The molecule has 2 nitrogen and oxygen atoms in total. The van der Waals surface area contributed by atoms with E-state index in [9.17, 15) is 5.11 Å². The summed E-state index contributed by atoms with van der Waals surface area (Å²) in [5.41, 5.74) is 2.08. The Hall–Kier alpha value is -0.890. The van der Waals surface area contributed by atoms with Gasteiger partial charge < -0.3 is 10.4 Å². The molecule has 1 aromatic carbocycles. The Morgan fingerprint density at radius 2 is 2.27 bits per heavy atom. The zero-order valence-corrected chi connectivity index (χ0v) is 6.65. The van der Waals surface area contributed by atoms with E-state index in [0.29, 0.717) is 5.02 Å². The Labute approximate surface area is 69.8 Å². The third-order valence-corrected chi connectivity index (χ3v) is 2.29. The van der Waals surface area contributed by atoms with Gasteiger partial charge >= 0.3 is 0 Å². The molecule has 11 heavy (non-hydrogen) atoms. The fraction of sp³-hybridized carbons (Fsp3) is 0.250. The summed E-state index contributed by atoms with van der Waals surface area (Å²) in [7, 11) is 0. The molecule has 1 aliphatic rings. The summed E-state index contributed by atoms with van der Waals surface area (Å²) < 4.78 is 0. The second-order valence-electron chi connectivity index (χ2n) is 2.61. The molecule has 0 saturated carbocycles. The number of phenols is 1. The van der Waals surface area contributed by atoms with Crippen LogP contribution in [0, 0.1) is 0 Å². The predicted octanol–water partition coefficient (Wildman–Crippen LogP) is 2.01. The molecular formula is C8H8ClNO. The first-order chi connectivity index (χ1) is 5.29. The molecule has 0 spiro atoms. The van der Waals surface area contributed by atoms with Gasteiger partial charge in [-0.05, 0) is 18.1 Å². The van der Waals surface area contributed by atoms with Gasteiger partial charge in [0.25, 0.3) is 0 Å². The lowest BCUT2D eigenvalue weighted by atomic mass is 10.1. The number of rotatable bonds is 0. The molecule has 2 N–H and O–H groups in total. The van der Waals surface area contributed by atoms with Gasteiger partial charge in [0.2, 0.25) is 0 Å². The summed E-state index contributed by atoms with van der Waals surface area (Å²) in [6, 6.07) is 3.53. The van der Waals surface area contributed by atoms with Gasteiger partial charge in [-0.1, -0.05) is 17.7 Å². The second kappa shape index (κ2) is 2.31. The summed E-state index contributed by atoms with van der Waals surface area (Å²) >= 11 is 5.83. The number of anilines is 1. The lowest BCUT2D eigenvalue weighted by Crippen LogP contribution is -1.91. The monoisotopic (exact) mass is 169 g/mol. The Bertz CT molecular complexity index is 298. The van der Waals surface area contributed by atoms with Crippen LogP contribution in [0.25, 0.3) is 0 Å². The third kappa shape index (κ3) is 0.942. The van der Waals surface area contributed by atoms with Crippen LogP contribution in [0.2, 0.25) is 5.02 Å². The minimum Gasteiger partial charge on any atom is -0.506 e. The van der Waals surface area contributed by atoms with E-state index in [4.69, 9.17) is 11.6 Å². The van der Waals surface area contributed by atoms with Gasteiger partial charge in [-0.25, -0.2) is 0 Å². The average Bonchev–Trinajstić information content (AvgIpc) is 2.45. The molecule has 0 amide bonds. The van der Waals surface area contributed by atoms with Crippen molar-refractivity contribution < 1.29 is 5.11 Å². The number of fused-ring (bicyclic) bond motifs is 1. The quantitative estimate of drug-likeness (QED) is 0.623. The highest BCUT2D eigenvalue weighted by Gasteiger charge is 2.15. The number of hydrogen-bond donors (Lipinski definition) is 2. The molecule has 0 aliphatic carbocycles. The van der Waals surface area contributed by atoms with E-state index in [-0.39, 0.29) is 5.75 Å². The number of halogens is 1. The molecule has 2 rings (SSSR count). The standard InChI is InChI=1S/C8H8ClNO/c9-7-6(11)2-1-5-3-4-10-8(5)7/h1-2,10-11H,3-4H2. The van der Waals surface area contributed by atoms with Crippen LogP contribution in [-0.2, 0) is 6.42 Å². The Morgan fingerprint density at radius 3 is 3.09 bits per heavy atom. The summed E-state index contributed by atoms with van der Waals surface area (Å²) in [6.07, 6.45) is 0.995. The normalized spacial score (nSPS) is 14.3. The molecule has 58 valence electrons. The van der Waals surface area contributed by atoms with Crippen LogP contribution >= 0.6 is 11.6 Å². The van der Waals surface area contributed by atoms with Gasteiger partial charge in [0.05, 0.1) is 5.69 Å². The van der Waals surface area contributed by atoms with Crippen molar-refractivity contribution in [3.63, 3.8) is 0 Å². The van der Waals surface area contributed by atoms with Gasteiger partial charge in [0, 0.05) is 6.54 Å². The van der Waals surface area contributed by atoms with E-state index in [2.05, 4.69) is 5.32 Å². The zero-order chi connectivity index (χ0) is 7.84. The van der Waals surface area contributed by atoms with Crippen molar-refractivity contribution in [3.05, 3.63) is 22.7 Å². The van der Waals surface area contributed by atoms with Crippen LogP contribution < -0.4 is 5.32 Å². The van der Waals surface area contributed by atoms with Gasteiger partial charge in [-0.3, -0.25) is 0 Å². The van der Waals surface area contributed by atoms with Crippen molar-refractivity contribution in [2.45, 2.75) is 6.42 Å². The van der Waals surface area contributed by atoms with Gasteiger partial charge in [0.1, 0.15) is 10.8 Å². The van der Waals surface area contributed by atoms with Gasteiger partial charge in [-0.15, -0.1) is 0 Å². The summed E-state index contributed by atoms with van der Waals surface area (Å²) in [6.45, 7) is 0.915. The predicted molar refractivity (Wildman–Crippen MR) is 45.3 cm³/mol. The Kier molecular flexibility index (Phi) is 1.43. The highest BCUT2D eigenvalue weighted by Crippen LogP contribution is 2.36. The number of phenolic OH excluding ortho intramolecular Hbond substituents is 1. The molecule has 1 aliphatic heterocycles. The lowest BCUT2D eigenvalue weighted by molar-refractivity contribution is 0.476. The first kappa shape index (κ1) is 6.80. The smallest absolute Gasteiger partial charge is 0.136 e. The Morgan fingerprint density at radius 1 is 1.45 bits per heavy atom. The first-order valence-electron chi connectivity index (χ1n) is 3.53. The molecule has 0 bridgehead atoms. The van der Waals surface area contributed by atoms with Crippen molar-refractivity contribution in [1.29, 1.82) is 0 Å². The van der Waals surface area contributed by atoms with E-state index in [0.717, 1.165) is 18.7 Å². The highest BCUT2D eigenvalue weighted by atomic mass is 35.5. The van der Waals surface area contributed by atoms with E-state index >= 15 is 0 Å². The first-order valence-corrected chi connectivity index (χ1v) is 3.91. The Balaban J connectivity index is 2.62. The SMILES string of the molecule is Oc1ccc2c(c1Cl)NCC2. The van der Waals surface area contributed by atoms with Crippen molar-refractivity contribution in [2.24, 2.45) is 0 Å². The van der Waals surface area contributed by atoms with Crippen LogP contribution in [0.15, 0.2) is 12.1 Å². The number of aromatic hydroxyl groups is 1. The number of nitrogens with one attached hydrogen (secondary N) is 1. The molecule has 1 aromatic rings. The molecule has 1 heterocycles. The molecule has 0 saturated heterocycles. The molecule has 0 atom stereocenters. The highest BCUT2D eigenvalue weighted by molar-refractivity contribution is 6.34. The lowest BCUT2D eigenvalue weighted by Gasteiger charge is -2.03. The van der Waals surface area contributed by atoms with Gasteiger partial charge in [0.15, 0.2) is 0 Å². The summed E-state index contributed by atoms with van der Waals surface area (Å²) in [5.74, 6) is 0.153. The van der Waals surface area contributed by atoms with Crippen LogP contribution in [0.4, 0.5) is 5.69 Å². The summed E-state index contributed by atoms with van der Waals surface area (Å²) in [4.78, 5) is 0. The topological polar surface area (TPSA) is 32.3 Å².